The number of phenolic OH excluding ortho intramolecular Hbond substituents is 1. The van der Waals surface area contributed by atoms with Crippen LogP contribution in [0.4, 0.5) is 5.69 Å². The number of carbonyl (C=O) groups excluding carboxylic acids is 1. The van der Waals surface area contributed by atoms with E-state index in [1.165, 1.54) is 27.9 Å². The molecule has 3 nitrogen and oxygen atoms in total. The highest BCUT2D eigenvalue weighted by atomic mass is 16.3. The zero-order valence-electron chi connectivity index (χ0n) is 17.1. The SMILES string of the molecule is O=C1CCN(c2ccc([C@H]3c4ccc(O)cc4CC[C@H]3c3ccccc3)cc2)CC1. The molecule has 0 saturated carbocycles. The van der Waals surface area contributed by atoms with Crippen LogP contribution >= 0.6 is 0 Å². The Balaban J connectivity index is 1.51. The third-order valence-electron chi connectivity index (χ3n) is 6.75. The van der Waals surface area contributed by atoms with Gasteiger partial charge in [0.15, 0.2) is 0 Å². The Morgan fingerprint density at radius 1 is 0.800 bits per heavy atom. The standard InChI is InChI=1S/C27H27NO2/c29-23-14-16-28(17-15-23)22-9-6-20(7-10-22)27-25(19-4-2-1-3-5-19)12-8-21-18-24(30)11-13-26(21)27/h1-7,9-11,13,18,25,27,30H,8,12,14-17H2/t25-,27+/m0/s1. The molecule has 0 unspecified atom stereocenters. The van der Waals surface area contributed by atoms with Crippen LogP contribution in [0.15, 0.2) is 72.8 Å². The average molecular weight is 398 g/mol. The number of carbonyl (C=O) groups is 1. The van der Waals surface area contributed by atoms with Crippen molar-refractivity contribution < 1.29 is 9.90 Å². The van der Waals surface area contributed by atoms with Gasteiger partial charge in [0.25, 0.3) is 0 Å². The van der Waals surface area contributed by atoms with Crippen molar-refractivity contribution in [2.75, 3.05) is 18.0 Å². The highest BCUT2D eigenvalue weighted by Gasteiger charge is 2.32. The molecule has 0 aromatic heterocycles. The number of anilines is 1. The minimum atomic E-state index is 0.272. The molecule has 1 aliphatic heterocycles. The van der Waals surface area contributed by atoms with Crippen molar-refractivity contribution in [1.82, 2.24) is 0 Å². The summed E-state index contributed by atoms with van der Waals surface area (Å²) in [5.41, 5.74) is 6.46. The van der Waals surface area contributed by atoms with Crippen molar-refractivity contribution in [3.8, 4) is 5.75 Å². The van der Waals surface area contributed by atoms with Crippen molar-refractivity contribution in [3.63, 3.8) is 0 Å². The maximum atomic E-state index is 11.6. The van der Waals surface area contributed by atoms with E-state index < -0.39 is 0 Å². The lowest BCUT2D eigenvalue weighted by molar-refractivity contribution is -0.119. The van der Waals surface area contributed by atoms with Gasteiger partial charge < -0.3 is 10.0 Å². The molecule has 1 saturated heterocycles. The molecule has 3 heteroatoms. The van der Waals surface area contributed by atoms with Crippen molar-refractivity contribution in [2.45, 2.75) is 37.5 Å². The fourth-order valence-electron chi connectivity index (χ4n) is 5.18. The predicted molar refractivity (Wildman–Crippen MR) is 120 cm³/mol. The molecule has 2 atom stereocenters. The normalized spacial score (nSPS) is 21.3. The maximum Gasteiger partial charge on any atom is 0.136 e. The lowest BCUT2D eigenvalue weighted by atomic mass is 9.69. The number of aryl methyl sites for hydroxylation is 1. The van der Waals surface area contributed by atoms with Crippen LogP contribution in [0.25, 0.3) is 0 Å². The van der Waals surface area contributed by atoms with E-state index in [1.807, 2.05) is 12.1 Å². The third-order valence-corrected chi connectivity index (χ3v) is 6.75. The van der Waals surface area contributed by atoms with Gasteiger partial charge in [-0.2, -0.15) is 0 Å². The molecule has 152 valence electrons. The Morgan fingerprint density at radius 2 is 1.53 bits per heavy atom. The lowest BCUT2D eigenvalue weighted by Gasteiger charge is -2.35. The number of piperidine rings is 1. The van der Waals surface area contributed by atoms with Crippen LogP contribution in [-0.2, 0) is 11.2 Å². The van der Waals surface area contributed by atoms with Crippen LogP contribution in [0.3, 0.4) is 0 Å². The number of rotatable bonds is 3. The number of hydrogen-bond acceptors (Lipinski definition) is 3. The smallest absolute Gasteiger partial charge is 0.136 e. The van der Waals surface area contributed by atoms with E-state index in [1.54, 1.807) is 0 Å². The van der Waals surface area contributed by atoms with Gasteiger partial charge in [0.05, 0.1) is 0 Å². The van der Waals surface area contributed by atoms with Crippen molar-refractivity contribution in [1.29, 1.82) is 0 Å². The lowest BCUT2D eigenvalue weighted by Crippen LogP contribution is -2.33. The van der Waals surface area contributed by atoms with Gasteiger partial charge in [-0.1, -0.05) is 48.5 Å². The molecule has 5 rings (SSSR count). The van der Waals surface area contributed by atoms with Crippen LogP contribution < -0.4 is 4.90 Å². The number of fused-ring (bicyclic) bond motifs is 1. The Bertz CT molecular complexity index is 1030. The van der Waals surface area contributed by atoms with E-state index in [0.717, 1.165) is 25.9 Å². The molecule has 1 heterocycles. The zero-order valence-corrected chi connectivity index (χ0v) is 17.1. The minimum Gasteiger partial charge on any atom is -0.508 e. The molecule has 1 fully saturated rings. The first-order valence-electron chi connectivity index (χ1n) is 10.9. The molecule has 0 spiro atoms. The second-order valence-corrected chi connectivity index (χ2v) is 8.53. The van der Waals surface area contributed by atoms with E-state index in [4.69, 9.17) is 0 Å². The molecule has 0 bridgehead atoms. The Morgan fingerprint density at radius 3 is 2.27 bits per heavy atom. The highest BCUT2D eigenvalue weighted by molar-refractivity contribution is 5.81. The monoisotopic (exact) mass is 397 g/mol. The Hall–Kier alpha value is -3.07. The van der Waals surface area contributed by atoms with Gasteiger partial charge >= 0.3 is 0 Å². The quantitative estimate of drug-likeness (QED) is 0.641. The van der Waals surface area contributed by atoms with Gasteiger partial charge in [0.2, 0.25) is 0 Å². The molecular formula is C27H27NO2. The van der Waals surface area contributed by atoms with E-state index in [2.05, 4.69) is 65.6 Å². The number of ketones is 1. The van der Waals surface area contributed by atoms with Crippen LogP contribution in [0, 0.1) is 0 Å². The summed E-state index contributed by atoms with van der Waals surface area (Å²) < 4.78 is 0. The summed E-state index contributed by atoms with van der Waals surface area (Å²) >= 11 is 0. The summed E-state index contributed by atoms with van der Waals surface area (Å²) in [6.07, 6.45) is 3.36. The molecule has 0 amide bonds. The molecular weight excluding hydrogens is 370 g/mol. The van der Waals surface area contributed by atoms with Gasteiger partial charge in [-0.3, -0.25) is 4.79 Å². The first kappa shape index (κ1) is 18.9. The Labute approximate surface area is 178 Å². The Kier molecular flexibility index (Phi) is 5.04. The van der Waals surface area contributed by atoms with E-state index in [9.17, 15) is 9.90 Å². The number of hydrogen-bond donors (Lipinski definition) is 1. The maximum absolute atomic E-state index is 11.6. The fourth-order valence-corrected chi connectivity index (χ4v) is 5.18. The second kappa shape index (κ2) is 7.98. The summed E-state index contributed by atoms with van der Waals surface area (Å²) in [6.45, 7) is 1.63. The van der Waals surface area contributed by atoms with Crippen LogP contribution in [-0.4, -0.2) is 24.0 Å². The van der Waals surface area contributed by atoms with Crippen molar-refractivity contribution in [3.05, 3.63) is 95.1 Å². The van der Waals surface area contributed by atoms with Gasteiger partial charge in [-0.25, -0.2) is 0 Å². The summed E-state index contributed by atoms with van der Waals surface area (Å²) in [7, 11) is 0. The summed E-state index contributed by atoms with van der Waals surface area (Å²) in [6, 6.07) is 25.6. The summed E-state index contributed by atoms with van der Waals surface area (Å²) in [4.78, 5) is 13.9. The molecule has 0 radical (unpaired) electrons. The number of aromatic hydroxyl groups is 1. The number of benzene rings is 3. The van der Waals surface area contributed by atoms with Gasteiger partial charge in [0.1, 0.15) is 11.5 Å². The largest absolute Gasteiger partial charge is 0.508 e. The predicted octanol–water partition coefficient (Wildman–Crippen LogP) is 5.42. The third kappa shape index (κ3) is 3.60. The first-order valence-corrected chi connectivity index (χ1v) is 10.9. The van der Waals surface area contributed by atoms with Crippen LogP contribution in [0.5, 0.6) is 5.75 Å². The minimum absolute atomic E-state index is 0.272. The topological polar surface area (TPSA) is 40.5 Å². The average Bonchev–Trinajstić information content (AvgIpc) is 2.79. The highest BCUT2D eigenvalue weighted by Crippen LogP contribution is 2.47. The van der Waals surface area contributed by atoms with E-state index >= 15 is 0 Å². The first-order chi connectivity index (χ1) is 14.7. The molecule has 3 aromatic carbocycles. The molecule has 3 aromatic rings. The zero-order chi connectivity index (χ0) is 20.5. The van der Waals surface area contributed by atoms with Crippen LogP contribution in [0.2, 0.25) is 0 Å². The van der Waals surface area contributed by atoms with Crippen molar-refractivity contribution in [2.24, 2.45) is 0 Å². The summed E-state index contributed by atoms with van der Waals surface area (Å²) in [5.74, 6) is 1.41. The molecule has 2 aliphatic rings. The number of phenols is 1. The molecule has 30 heavy (non-hydrogen) atoms. The van der Waals surface area contributed by atoms with E-state index in [-0.39, 0.29) is 5.92 Å². The van der Waals surface area contributed by atoms with Crippen molar-refractivity contribution >= 4 is 11.5 Å². The number of Topliss-reactive ketones (excluding diaryl/α,β-unsaturated/α-hetero) is 1. The second-order valence-electron chi connectivity index (χ2n) is 8.53. The van der Waals surface area contributed by atoms with E-state index in [0.29, 0.717) is 30.3 Å². The van der Waals surface area contributed by atoms with Crippen LogP contribution in [0.1, 0.15) is 53.4 Å². The summed E-state index contributed by atoms with van der Waals surface area (Å²) in [5, 5.41) is 10.00. The van der Waals surface area contributed by atoms with Gasteiger partial charge in [-0.05, 0) is 65.3 Å². The fraction of sp³-hybridized carbons (Fsp3) is 0.296. The van der Waals surface area contributed by atoms with Gasteiger partial charge in [-0.15, -0.1) is 0 Å². The molecule has 1 N–H and O–H groups in total. The van der Waals surface area contributed by atoms with Gasteiger partial charge in [0, 0.05) is 37.5 Å². The number of nitrogens with zero attached hydrogens (tertiary/aromatic N) is 1. The molecule has 1 aliphatic carbocycles.